The summed E-state index contributed by atoms with van der Waals surface area (Å²) in [5.74, 6) is 1.72. The minimum Gasteiger partial charge on any atom is -0.296 e. The molecule has 1 heteroatoms. The second-order valence-corrected chi connectivity index (χ2v) is 5.08. The summed E-state index contributed by atoms with van der Waals surface area (Å²) in [6.45, 7) is 6.19. The highest BCUT2D eigenvalue weighted by molar-refractivity contribution is 5.26. The molecule has 0 bridgehead atoms. The van der Waals surface area contributed by atoms with E-state index in [1.807, 2.05) is 6.08 Å². The van der Waals surface area contributed by atoms with Gasteiger partial charge in [0.15, 0.2) is 0 Å². The minimum absolute atomic E-state index is 0.772. The lowest BCUT2D eigenvalue weighted by Crippen LogP contribution is -2.46. The van der Waals surface area contributed by atoms with Gasteiger partial charge in [-0.2, -0.15) is 0 Å². The van der Waals surface area contributed by atoms with Crippen LogP contribution in [0.15, 0.2) is 43.0 Å². The Morgan fingerprint density at radius 2 is 2.12 bits per heavy atom. The molecule has 0 aromatic heterocycles. The summed E-state index contributed by atoms with van der Waals surface area (Å²) >= 11 is 0. The molecule has 1 saturated carbocycles. The van der Waals surface area contributed by atoms with Crippen LogP contribution < -0.4 is 0 Å². The predicted molar refractivity (Wildman–Crippen MR) is 67.5 cm³/mol. The van der Waals surface area contributed by atoms with Gasteiger partial charge in [0.05, 0.1) is 0 Å². The van der Waals surface area contributed by atoms with Crippen LogP contribution in [-0.4, -0.2) is 24.0 Å². The van der Waals surface area contributed by atoms with Crippen LogP contribution in [0.4, 0.5) is 0 Å². The number of rotatable bonds is 3. The molecule has 1 aromatic rings. The second kappa shape index (κ2) is 4.06. The SMILES string of the molecule is C=CCN1CC[C@H]2C[C@@H](c3ccccc3)[C@H]21. The van der Waals surface area contributed by atoms with Crippen LogP contribution in [-0.2, 0) is 0 Å². The number of fused-ring (bicyclic) bond motifs is 1. The molecule has 0 radical (unpaired) electrons. The Hall–Kier alpha value is -1.08. The quantitative estimate of drug-likeness (QED) is 0.698. The highest BCUT2D eigenvalue weighted by Gasteiger charge is 2.48. The van der Waals surface area contributed by atoms with Gasteiger partial charge in [0.25, 0.3) is 0 Å². The normalized spacial score (nSPS) is 33.1. The summed E-state index contributed by atoms with van der Waals surface area (Å²) < 4.78 is 0. The number of nitrogens with zero attached hydrogens (tertiary/aromatic N) is 1. The summed E-state index contributed by atoms with van der Waals surface area (Å²) in [5.41, 5.74) is 1.53. The molecule has 1 heterocycles. The van der Waals surface area contributed by atoms with Crippen molar-refractivity contribution in [3.63, 3.8) is 0 Å². The molecule has 3 atom stereocenters. The summed E-state index contributed by atoms with van der Waals surface area (Å²) in [4.78, 5) is 2.61. The lowest BCUT2D eigenvalue weighted by atomic mass is 9.67. The fraction of sp³-hybridized carbons (Fsp3) is 0.467. The Morgan fingerprint density at radius 1 is 1.31 bits per heavy atom. The average Bonchev–Trinajstić information content (AvgIpc) is 2.57. The predicted octanol–water partition coefficient (Wildman–Crippen LogP) is 3.05. The monoisotopic (exact) mass is 213 g/mol. The third-order valence-electron chi connectivity index (χ3n) is 4.25. The summed E-state index contributed by atoms with van der Waals surface area (Å²) in [6.07, 6.45) is 4.83. The first-order valence-electron chi connectivity index (χ1n) is 6.30. The van der Waals surface area contributed by atoms with Crippen LogP contribution in [0.5, 0.6) is 0 Å². The van der Waals surface area contributed by atoms with Crippen LogP contribution in [0.2, 0.25) is 0 Å². The van der Waals surface area contributed by atoms with E-state index in [1.165, 1.54) is 24.9 Å². The van der Waals surface area contributed by atoms with Gasteiger partial charge in [-0.1, -0.05) is 36.4 Å². The first-order valence-corrected chi connectivity index (χ1v) is 6.30. The van der Waals surface area contributed by atoms with E-state index >= 15 is 0 Å². The van der Waals surface area contributed by atoms with Crippen LogP contribution >= 0.6 is 0 Å². The Labute approximate surface area is 97.8 Å². The van der Waals surface area contributed by atoms with Crippen molar-refractivity contribution >= 4 is 0 Å². The van der Waals surface area contributed by atoms with E-state index < -0.39 is 0 Å². The van der Waals surface area contributed by atoms with Crippen molar-refractivity contribution in [1.82, 2.24) is 4.90 Å². The van der Waals surface area contributed by atoms with Crippen LogP contribution in [0.25, 0.3) is 0 Å². The molecule has 0 spiro atoms. The molecule has 2 aliphatic rings. The zero-order chi connectivity index (χ0) is 11.0. The number of hydrogen-bond acceptors (Lipinski definition) is 1. The van der Waals surface area contributed by atoms with E-state index in [1.54, 1.807) is 0 Å². The fourth-order valence-corrected chi connectivity index (χ4v) is 3.47. The molecule has 1 saturated heterocycles. The molecular formula is C15H19N. The molecular weight excluding hydrogens is 194 g/mol. The smallest absolute Gasteiger partial charge is 0.0196 e. The molecule has 84 valence electrons. The average molecular weight is 213 g/mol. The highest BCUT2D eigenvalue weighted by atomic mass is 15.2. The molecule has 2 fully saturated rings. The van der Waals surface area contributed by atoms with Crippen molar-refractivity contribution in [2.24, 2.45) is 5.92 Å². The van der Waals surface area contributed by atoms with Crippen molar-refractivity contribution in [1.29, 1.82) is 0 Å². The number of likely N-dealkylation sites (tertiary alicyclic amines) is 1. The molecule has 0 amide bonds. The van der Waals surface area contributed by atoms with Crippen molar-refractivity contribution in [3.8, 4) is 0 Å². The van der Waals surface area contributed by atoms with Gasteiger partial charge in [-0.15, -0.1) is 6.58 Å². The van der Waals surface area contributed by atoms with Gasteiger partial charge in [0, 0.05) is 18.5 Å². The minimum atomic E-state index is 0.772. The Balaban J connectivity index is 1.77. The van der Waals surface area contributed by atoms with Gasteiger partial charge in [-0.05, 0) is 30.9 Å². The van der Waals surface area contributed by atoms with Gasteiger partial charge < -0.3 is 0 Å². The van der Waals surface area contributed by atoms with Crippen LogP contribution in [0.3, 0.4) is 0 Å². The summed E-state index contributed by atoms with van der Waals surface area (Å²) in [7, 11) is 0. The third-order valence-corrected chi connectivity index (χ3v) is 4.25. The summed E-state index contributed by atoms with van der Waals surface area (Å²) in [5, 5.41) is 0. The standard InChI is InChI=1S/C15H19N/c1-2-9-16-10-8-13-11-14(15(13)16)12-6-4-3-5-7-12/h2-7,13-15H,1,8-11H2/t13-,14-,15-/m0/s1. The molecule has 0 N–H and O–H groups in total. The molecule has 1 aliphatic heterocycles. The first-order chi connectivity index (χ1) is 7.90. The number of hydrogen-bond donors (Lipinski definition) is 0. The van der Waals surface area contributed by atoms with Crippen LogP contribution in [0.1, 0.15) is 24.3 Å². The molecule has 0 unspecified atom stereocenters. The van der Waals surface area contributed by atoms with Crippen LogP contribution in [0, 0.1) is 5.92 Å². The van der Waals surface area contributed by atoms with Gasteiger partial charge >= 0.3 is 0 Å². The lowest BCUT2D eigenvalue weighted by Gasteiger charge is -2.44. The Bertz CT molecular complexity index is 370. The molecule has 3 rings (SSSR count). The molecule has 1 aliphatic carbocycles. The second-order valence-electron chi connectivity index (χ2n) is 5.08. The van der Waals surface area contributed by atoms with Crippen molar-refractivity contribution in [2.45, 2.75) is 24.8 Å². The number of benzene rings is 1. The van der Waals surface area contributed by atoms with Crippen molar-refractivity contribution < 1.29 is 0 Å². The van der Waals surface area contributed by atoms with Crippen molar-refractivity contribution in [2.75, 3.05) is 13.1 Å². The largest absolute Gasteiger partial charge is 0.296 e. The molecule has 16 heavy (non-hydrogen) atoms. The zero-order valence-electron chi connectivity index (χ0n) is 9.68. The van der Waals surface area contributed by atoms with E-state index in [-0.39, 0.29) is 0 Å². The molecule has 1 aromatic carbocycles. The van der Waals surface area contributed by atoms with E-state index in [0.29, 0.717) is 0 Å². The van der Waals surface area contributed by atoms with E-state index in [2.05, 4.69) is 41.8 Å². The fourth-order valence-electron chi connectivity index (χ4n) is 3.47. The lowest BCUT2D eigenvalue weighted by molar-refractivity contribution is 0.120. The van der Waals surface area contributed by atoms with E-state index in [4.69, 9.17) is 0 Å². The van der Waals surface area contributed by atoms with Gasteiger partial charge in [-0.3, -0.25) is 4.90 Å². The van der Waals surface area contributed by atoms with E-state index in [9.17, 15) is 0 Å². The van der Waals surface area contributed by atoms with Crippen molar-refractivity contribution in [3.05, 3.63) is 48.6 Å². The topological polar surface area (TPSA) is 3.24 Å². The maximum absolute atomic E-state index is 3.86. The first kappa shape index (κ1) is 10.1. The Kier molecular flexibility index (Phi) is 2.56. The third kappa shape index (κ3) is 1.51. The summed E-state index contributed by atoms with van der Waals surface area (Å²) in [6, 6.07) is 11.8. The van der Waals surface area contributed by atoms with Gasteiger partial charge in [-0.25, -0.2) is 0 Å². The van der Waals surface area contributed by atoms with E-state index in [0.717, 1.165) is 24.4 Å². The maximum Gasteiger partial charge on any atom is 0.0196 e. The highest BCUT2D eigenvalue weighted by Crippen LogP contribution is 2.50. The van der Waals surface area contributed by atoms with Gasteiger partial charge in [0.2, 0.25) is 0 Å². The molecule has 1 nitrogen and oxygen atoms in total. The van der Waals surface area contributed by atoms with Gasteiger partial charge in [0.1, 0.15) is 0 Å². The maximum atomic E-state index is 3.86. The zero-order valence-corrected chi connectivity index (χ0v) is 9.68. The Morgan fingerprint density at radius 3 is 2.88 bits per heavy atom.